The minimum atomic E-state index is 0.328. The molecule has 0 aliphatic rings. The summed E-state index contributed by atoms with van der Waals surface area (Å²) in [5.41, 5.74) is 1.23. The normalized spacial score (nSPS) is 12.2. The van der Waals surface area contributed by atoms with E-state index in [-0.39, 0.29) is 0 Å². The fraction of sp³-hybridized carbons (Fsp3) is 0.647. The van der Waals surface area contributed by atoms with Gasteiger partial charge in [0.15, 0.2) is 11.5 Å². The molecule has 1 aromatic rings. The molecular weight excluding hydrogens is 282 g/mol. The van der Waals surface area contributed by atoms with Gasteiger partial charge in [-0.25, -0.2) is 0 Å². The fourth-order valence-electron chi connectivity index (χ4n) is 2.04. The van der Waals surface area contributed by atoms with Crippen LogP contribution in [-0.2, 0) is 0 Å². The standard InChI is InChI=1S/C17H29NO2S/c1-5-10-18-14(3)15-8-9-16(17(13-15)19-4)20-11-7-12-21-6-2/h8-9,13-14,18H,5-7,10-12H2,1-4H3. The van der Waals surface area contributed by atoms with Crippen molar-refractivity contribution < 1.29 is 9.47 Å². The molecular formula is C17H29NO2S. The summed E-state index contributed by atoms with van der Waals surface area (Å²) >= 11 is 1.95. The largest absolute Gasteiger partial charge is 0.493 e. The number of thioether (sulfide) groups is 1. The van der Waals surface area contributed by atoms with E-state index in [1.165, 1.54) is 11.3 Å². The lowest BCUT2D eigenvalue weighted by Gasteiger charge is -2.17. The van der Waals surface area contributed by atoms with Gasteiger partial charge in [-0.2, -0.15) is 11.8 Å². The summed E-state index contributed by atoms with van der Waals surface area (Å²) in [6, 6.07) is 6.54. The Morgan fingerprint density at radius 3 is 2.71 bits per heavy atom. The summed E-state index contributed by atoms with van der Waals surface area (Å²) < 4.78 is 11.3. The Kier molecular flexibility index (Phi) is 9.35. The van der Waals surface area contributed by atoms with Crippen molar-refractivity contribution in [2.24, 2.45) is 0 Å². The molecule has 0 fully saturated rings. The number of ether oxygens (including phenoxy) is 2. The molecule has 0 heterocycles. The van der Waals surface area contributed by atoms with Crippen LogP contribution < -0.4 is 14.8 Å². The van der Waals surface area contributed by atoms with Gasteiger partial charge in [0.1, 0.15) is 0 Å². The number of methoxy groups -OCH3 is 1. The Bertz CT molecular complexity index is 398. The lowest BCUT2D eigenvalue weighted by Crippen LogP contribution is -2.19. The molecule has 0 saturated heterocycles. The van der Waals surface area contributed by atoms with Crippen LogP contribution in [0.3, 0.4) is 0 Å². The zero-order valence-electron chi connectivity index (χ0n) is 13.8. The van der Waals surface area contributed by atoms with E-state index in [2.05, 4.69) is 38.2 Å². The Balaban J connectivity index is 2.57. The second-order valence-electron chi connectivity index (χ2n) is 4.99. The highest BCUT2D eigenvalue weighted by molar-refractivity contribution is 7.99. The molecule has 0 aliphatic heterocycles. The topological polar surface area (TPSA) is 30.5 Å². The van der Waals surface area contributed by atoms with Gasteiger partial charge in [-0.1, -0.05) is 19.9 Å². The summed E-state index contributed by atoms with van der Waals surface area (Å²) in [6.45, 7) is 8.30. The van der Waals surface area contributed by atoms with E-state index in [4.69, 9.17) is 9.47 Å². The van der Waals surface area contributed by atoms with E-state index in [1.807, 2.05) is 17.8 Å². The lowest BCUT2D eigenvalue weighted by molar-refractivity contribution is 0.295. The Labute approximate surface area is 133 Å². The van der Waals surface area contributed by atoms with E-state index in [9.17, 15) is 0 Å². The zero-order chi connectivity index (χ0) is 15.5. The molecule has 0 aliphatic carbocycles. The molecule has 1 rings (SSSR count). The third-order valence-corrected chi connectivity index (χ3v) is 4.27. The van der Waals surface area contributed by atoms with E-state index in [0.717, 1.165) is 43.2 Å². The molecule has 3 nitrogen and oxygen atoms in total. The Morgan fingerprint density at radius 1 is 1.24 bits per heavy atom. The minimum absolute atomic E-state index is 0.328. The molecule has 0 spiro atoms. The second kappa shape index (κ2) is 10.8. The average Bonchev–Trinajstić information content (AvgIpc) is 2.52. The molecule has 0 amide bonds. The summed E-state index contributed by atoms with van der Waals surface area (Å²) in [6.07, 6.45) is 2.20. The van der Waals surface area contributed by atoms with Crippen LogP contribution in [0.15, 0.2) is 18.2 Å². The Hall–Kier alpha value is -0.870. The first-order valence-electron chi connectivity index (χ1n) is 7.84. The number of hydrogen-bond donors (Lipinski definition) is 1. The van der Waals surface area contributed by atoms with Gasteiger partial charge in [-0.05, 0) is 55.5 Å². The molecule has 120 valence electrons. The fourth-order valence-corrected chi connectivity index (χ4v) is 2.65. The first-order chi connectivity index (χ1) is 10.2. The Morgan fingerprint density at radius 2 is 2.05 bits per heavy atom. The predicted octanol–water partition coefficient (Wildman–Crippen LogP) is 4.28. The number of rotatable bonds is 11. The molecule has 0 radical (unpaired) electrons. The average molecular weight is 311 g/mol. The maximum absolute atomic E-state index is 5.83. The SMILES string of the molecule is CCCNC(C)c1ccc(OCCCSCC)c(OC)c1. The van der Waals surface area contributed by atoms with Gasteiger partial charge in [-0.15, -0.1) is 0 Å². The summed E-state index contributed by atoms with van der Waals surface area (Å²) in [5.74, 6) is 3.97. The molecule has 1 unspecified atom stereocenters. The molecule has 1 N–H and O–H groups in total. The number of hydrogen-bond acceptors (Lipinski definition) is 4. The van der Waals surface area contributed by atoms with Crippen LogP contribution in [0.1, 0.15) is 45.2 Å². The maximum Gasteiger partial charge on any atom is 0.161 e. The molecule has 21 heavy (non-hydrogen) atoms. The third kappa shape index (κ3) is 6.62. The van der Waals surface area contributed by atoms with Crippen LogP contribution in [0.2, 0.25) is 0 Å². The van der Waals surface area contributed by atoms with Crippen molar-refractivity contribution in [2.45, 2.75) is 39.7 Å². The lowest BCUT2D eigenvalue weighted by atomic mass is 10.1. The van der Waals surface area contributed by atoms with Crippen LogP contribution in [0.5, 0.6) is 11.5 Å². The number of benzene rings is 1. The molecule has 1 aromatic carbocycles. The van der Waals surface area contributed by atoms with Gasteiger partial charge < -0.3 is 14.8 Å². The van der Waals surface area contributed by atoms with Crippen LogP contribution in [0, 0.1) is 0 Å². The monoisotopic (exact) mass is 311 g/mol. The van der Waals surface area contributed by atoms with Crippen LogP contribution >= 0.6 is 11.8 Å². The molecule has 1 atom stereocenters. The van der Waals surface area contributed by atoms with Gasteiger partial charge in [0.2, 0.25) is 0 Å². The molecule has 0 bridgehead atoms. The highest BCUT2D eigenvalue weighted by Crippen LogP contribution is 2.30. The minimum Gasteiger partial charge on any atom is -0.493 e. The summed E-state index contributed by atoms with van der Waals surface area (Å²) in [5, 5.41) is 3.49. The van der Waals surface area contributed by atoms with E-state index < -0.39 is 0 Å². The van der Waals surface area contributed by atoms with Crippen molar-refractivity contribution >= 4 is 11.8 Å². The van der Waals surface area contributed by atoms with Crippen LogP contribution in [0.25, 0.3) is 0 Å². The highest BCUT2D eigenvalue weighted by Gasteiger charge is 2.10. The third-order valence-electron chi connectivity index (χ3n) is 3.28. The first-order valence-corrected chi connectivity index (χ1v) is 9.00. The second-order valence-corrected chi connectivity index (χ2v) is 6.38. The first kappa shape index (κ1) is 18.2. The predicted molar refractivity (Wildman–Crippen MR) is 92.8 cm³/mol. The molecule has 0 saturated carbocycles. The molecule has 0 aromatic heterocycles. The molecule has 4 heteroatoms. The smallest absolute Gasteiger partial charge is 0.161 e. The van der Waals surface area contributed by atoms with Gasteiger partial charge in [-0.3, -0.25) is 0 Å². The van der Waals surface area contributed by atoms with Crippen LogP contribution in [0.4, 0.5) is 0 Å². The van der Waals surface area contributed by atoms with Crippen LogP contribution in [-0.4, -0.2) is 31.8 Å². The van der Waals surface area contributed by atoms with Crippen molar-refractivity contribution in [3.05, 3.63) is 23.8 Å². The van der Waals surface area contributed by atoms with Crippen molar-refractivity contribution in [2.75, 3.05) is 31.8 Å². The van der Waals surface area contributed by atoms with Gasteiger partial charge >= 0.3 is 0 Å². The quantitative estimate of drug-likeness (QED) is 0.618. The van der Waals surface area contributed by atoms with Crippen molar-refractivity contribution in [3.8, 4) is 11.5 Å². The van der Waals surface area contributed by atoms with Gasteiger partial charge in [0.05, 0.1) is 13.7 Å². The van der Waals surface area contributed by atoms with Crippen molar-refractivity contribution in [1.29, 1.82) is 0 Å². The van der Waals surface area contributed by atoms with E-state index in [1.54, 1.807) is 7.11 Å². The zero-order valence-corrected chi connectivity index (χ0v) is 14.6. The summed E-state index contributed by atoms with van der Waals surface area (Å²) in [7, 11) is 1.70. The van der Waals surface area contributed by atoms with E-state index in [0.29, 0.717) is 6.04 Å². The number of nitrogens with one attached hydrogen (secondary N) is 1. The van der Waals surface area contributed by atoms with Gasteiger partial charge in [0, 0.05) is 6.04 Å². The highest BCUT2D eigenvalue weighted by atomic mass is 32.2. The maximum atomic E-state index is 5.83. The van der Waals surface area contributed by atoms with Crippen molar-refractivity contribution in [3.63, 3.8) is 0 Å². The summed E-state index contributed by atoms with van der Waals surface area (Å²) in [4.78, 5) is 0. The van der Waals surface area contributed by atoms with Crippen molar-refractivity contribution in [1.82, 2.24) is 5.32 Å². The van der Waals surface area contributed by atoms with E-state index >= 15 is 0 Å². The van der Waals surface area contributed by atoms with Gasteiger partial charge in [0.25, 0.3) is 0 Å².